The highest BCUT2D eigenvalue weighted by Gasteiger charge is 2.45. The number of rotatable bonds is 5. The van der Waals surface area contributed by atoms with E-state index >= 15 is 0 Å². The van der Waals surface area contributed by atoms with Crippen molar-refractivity contribution >= 4 is 11.3 Å². The lowest BCUT2D eigenvalue weighted by molar-refractivity contribution is -0.0520. The zero-order chi connectivity index (χ0) is 23.8. The molecule has 3 aliphatic heterocycles. The number of aromatic nitrogens is 2. The van der Waals surface area contributed by atoms with E-state index in [1.165, 1.54) is 11.1 Å². The molecule has 4 heterocycles. The standard InChI is InChI=1S/C26H33N5O3/c1-16-14-27-25(22-6-7-28-29-22)26-24(16)21(18-10-19(32-4)12-20(11-18)33-5)13-23(30(26)3)31-8-9-34-15-17(31)2/h6-7,10-14,17,23-24,26H,8-9,15H2,1-5H3,(H,28,29)/t17-,23?,24?,26?/m1/s1. The minimum Gasteiger partial charge on any atom is -0.497 e. The van der Waals surface area contributed by atoms with Crippen LogP contribution in [0.25, 0.3) is 5.57 Å². The summed E-state index contributed by atoms with van der Waals surface area (Å²) in [7, 11) is 5.59. The maximum atomic E-state index is 5.75. The largest absolute Gasteiger partial charge is 0.497 e. The Kier molecular flexibility index (Phi) is 6.29. The van der Waals surface area contributed by atoms with Crippen molar-refractivity contribution in [3.8, 4) is 11.5 Å². The lowest BCUT2D eigenvalue weighted by Gasteiger charge is -2.51. The molecule has 1 fully saturated rings. The third-order valence-corrected chi connectivity index (χ3v) is 7.23. The van der Waals surface area contributed by atoms with Crippen molar-refractivity contribution in [3.05, 3.63) is 59.6 Å². The molecule has 0 spiro atoms. The molecule has 0 amide bonds. The van der Waals surface area contributed by atoms with Crippen LogP contribution >= 0.6 is 0 Å². The van der Waals surface area contributed by atoms with E-state index in [0.717, 1.165) is 48.2 Å². The van der Waals surface area contributed by atoms with E-state index in [9.17, 15) is 0 Å². The Balaban J connectivity index is 1.68. The lowest BCUT2D eigenvalue weighted by Crippen LogP contribution is -2.62. The number of hydrogen-bond donors (Lipinski definition) is 1. The predicted molar refractivity (Wildman–Crippen MR) is 132 cm³/mol. The number of likely N-dealkylation sites (N-methyl/N-ethyl adjacent to an activating group) is 1. The second-order valence-electron chi connectivity index (χ2n) is 9.24. The molecule has 8 heteroatoms. The number of methoxy groups -OCH3 is 2. The third kappa shape index (κ3) is 3.96. The Bertz CT molecular complexity index is 1100. The molecule has 0 radical (unpaired) electrons. The van der Waals surface area contributed by atoms with Crippen LogP contribution in [0.2, 0.25) is 0 Å². The quantitative estimate of drug-likeness (QED) is 0.734. The van der Waals surface area contributed by atoms with Crippen LogP contribution in [-0.4, -0.2) is 85.0 Å². The molecular formula is C26H33N5O3. The van der Waals surface area contributed by atoms with Crippen LogP contribution in [0.4, 0.5) is 0 Å². The molecule has 34 heavy (non-hydrogen) atoms. The van der Waals surface area contributed by atoms with E-state index in [4.69, 9.17) is 19.2 Å². The summed E-state index contributed by atoms with van der Waals surface area (Å²) in [6.45, 7) is 6.75. The molecule has 0 saturated carbocycles. The van der Waals surface area contributed by atoms with Gasteiger partial charge in [-0.05, 0) is 61.9 Å². The van der Waals surface area contributed by atoms with Crippen LogP contribution in [0.15, 0.2) is 53.3 Å². The summed E-state index contributed by atoms with van der Waals surface area (Å²) >= 11 is 0. The Morgan fingerprint density at radius 2 is 1.91 bits per heavy atom. The summed E-state index contributed by atoms with van der Waals surface area (Å²) in [5.41, 5.74) is 5.53. The number of morpholine rings is 1. The first-order valence-electron chi connectivity index (χ1n) is 11.8. The van der Waals surface area contributed by atoms with Crippen molar-refractivity contribution in [1.29, 1.82) is 0 Å². The first-order valence-corrected chi connectivity index (χ1v) is 11.8. The van der Waals surface area contributed by atoms with Gasteiger partial charge < -0.3 is 14.2 Å². The molecular weight excluding hydrogens is 430 g/mol. The van der Waals surface area contributed by atoms with Gasteiger partial charge in [-0.25, -0.2) is 0 Å². The summed E-state index contributed by atoms with van der Waals surface area (Å²) in [4.78, 5) is 9.87. The van der Waals surface area contributed by atoms with Gasteiger partial charge in [0.15, 0.2) is 0 Å². The van der Waals surface area contributed by atoms with E-state index in [2.05, 4.69) is 59.1 Å². The van der Waals surface area contributed by atoms with Gasteiger partial charge in [-0.3, -0.25) is 19.9 Å². The average molecular weight is 464 g/mol. The smallest absolute Gasteiger partial charge is 0.123 e. The minimum absolute atomic E-state index is 0.0442. The Labute approximate surface area is 200 Å². The number of benzene rings is 1. The van der Waals surface area contributed by atoms with Gasteiger partial charge in [-0.15, -0.1) is 0 Å². The molecule has 180 valence electrons. The molecule has 1 N–H and O–H groups in total. The highest BCUT2D eigenvalue weighted by Crippen LogP contribution is 2.44. The molecule has 1 saturated heterocycles. The Morgan fingerprint density at radius 3 is 2.56 bits per heavy atom. The molecule has 8 nitrogen and oxygen atoms in total. The molecule has 0 aliphatic carbocycles. The lowest BCUT2D eigenvalue weighted by atomic mass is 9.74. The summed E-state index contributed by atoms with van der Waals surface area (Å²) in [6.07, 6.45) is 6.27. The third-order valence-electron chi connectivity index (χ3n) is 7.23. The van der Waals surface area contributed by atoms with Crippen LogP contribution in [0.5, 0.6) is 11.5 Å². The van der Waals surface area contributed by atoms with Gasteiger partial charge in [-0.1, -0.05) is 0 Å². The van der Waals surface area contributed by atoms with Crippen LogP contribution in [0, 0.1) is 5.92 Å². The van der Waals surface area contributed by atoms with Gasteiger partial charge in [0.1, 0.15) is 11.5 Å². The topological polar surface area (TPSA) is 75.2 Å². The van der Waals surface area contributed by atoms with Gasteiger partial charge in [0, 0.05) is 37.0 Å². The van der Waals surface area contributed by atoms with E-state index in [1.54, 1.807) is 20.4 Å². The Morgan fingerprint density at radius 1 is 1.15 bits per heavy atom. The number of aromatic amines is 1. The molecule has 3 unspecified atom stereocenters. The van der Waals surface area contributed by atoms with Gasteiger partial charge in [0.05, 0.1) is 51.0 Å². The van der Waals surface area contributed by atoms with Gasteiger partial charge in [0.25, 0.3) is 0 Å². The molecule has 2 aromatic rings. The maximum absolute atomic E-state index is 5.75. The van der Waals surface area contributed by atoms with Gasteiger partial charge in [-0.2, -0.15) is 5.10 Å². The second-order valence-corrected chi connectivity index (χ2v) is 9.24. The second kappa shape index (κ2) is 9.37. The molecule has 3 aliphatic rings. The van der Waals surface area contributed by atoms with Crippen LogP contribution in [0.1, 0.15) is 25.1 Å². The van der Waals surface area contributed by atoms with E-state index in [-0.39, 0.29) is 18.1 Å². The van der Waals surface area contributed by atoms with Crippen LogP contribution in [-0.2, 0) is 4.74 Å². The minimum atomic E-state index is 0.0442. The maximum Gasteiger partial charge on any atom is 0.123 e. The number of hydrogen-bond acceptors (Lipinski definition) is 7. The average Bonchev–Trinajstić information content (AvgIpc) is 3.39. The number of fused-ring (bicyclic) bond motifs is 1. The van der Waals surface area contributed by atoms with E-state index in [0.29, 0.717) is 6.04 Å². The van der Waals surface area contributed by atoms with Crippen molar-refractivity contribution in [3.63, 3.8) is 0 Å². The highest BCUT2D eigenvalue weighted by molar-refractivity contribution is 6.06. The fourth-order valence-electron chi connectivity index (χ4n) is 5.46. The van der Waals surface area contributed by atoms with Crippen molar-refractivity contribution in [1.82, 2.24) is 20.0 Å². The first kappa shape index (κ1) is 22.8. The summed E-state index contributed by atoms with van der Waals surface area (Å²) in [6, 6.07) is 8.47. The molecule has 1 aromatic carbocycles. The first-order chi connectivity index (χ1) is 16.5. The number of nitrogens with zero attached hydrogens (tertiary/aromatic N) is 4. The predicted octanol–water partition coefficient (Wildman–Crippen LogP) is 3.19. The number of H-pyrrole nitrogens is 1. The number of ether oxygens (including phenoxy) is 3. The van der Waals surface area contributed by atoms with Crippen molar-refractivity contribution in [2.75, 3.05) is 41.0 Å². The normalized spacial score (nSPS) is 28.0. The Hall–Kier alpha value is -2.94. The zero-order valence-corrected chi connectivity index (χ0v) is 20.5. The monoisotopic (exact) mass is 463 g/mol. The molecule has 5 rings (SSSR count). The van der Waals surface area contributed by atoms with Crippen molar-refractivity contribution in [2.24, 2.45) is 10.9 Å². The van der Waals surface area contributed by atoms with Gasteiger partial charge in [0.2, 0.25) is 0 Å². The zero-order valence-electron chi connectivity index (χ0n) is 20.5. The van der Waals surface area contributed by atoms with Crippen molar-refractivity contribution in [2.45, 2.75) is 32.1 Å². The van der Waals surface area contributed by atoms with Gasteiger partial charge >= 0.3 is 0 Å². The highest BCUT2D eigenvalue weighted by atomic mass is 16.5. The molecule has 1 aromatic heterocycles. The van der Waals surface area contributed by atoms with Crippen LogP contribution < -0.4 is 9.47 Å². The van der Waals surface area contributed by atoms with Crippen LogP contribution in [0.3, 0.4) is 0 Å². The van der Waals surface area contributed by atoms with E-state index < -0.39 is 0 Å². The number of aliphatic imine (C=N–C) groups is 1. The van der Waals surface area contributed by atoms with Crippen molar-refractivity contribution < 1.29 is 14.2 Å². The number of nitrogens with one attached hydrogen (secondary N) is 1. The summed E-state index contributed by atoms with van der Waals surface area (Å²) < 4.78 is 17.0. The van der Waals surface area contributed by atoms with E-state index in [1.807, 2.05) is 18.3 Å². The SMILES string of the molecule is COc1cc(OC)cc(C2=CC(N3CCOC[C@H]3C)N(C)C3C(c4ccn[nH]4)=NC=C(C)C23)c1. The summed E-state index contributed by atoms with van der Waals surface area (Å²) in [5, 5.41) is 7.34. The fourth-order valence-corrected chi connectivity index (χ4v) is 5.46. The molecule has 0 bridgehead atoms. The summed E-state index contributed by atoms with van der Waals surface area (Å²) in [5.74, 6) is 1.69. The molecule has 4 atom stereocenters. The fraction of sp³-hybridized carbons (Fsp3) is 0.462.